The Morgan fingerprint density at radius 3 is 2.08 bits per heavy atom. The van der Waals surface area contributed by atoms with Crippen LogP contribution in [0.1, 0.15) is 44.4 Å². The summed E-state index contributed by atoms with van der Waals surface area (Å²) in [6.45, 7) is 11.4. The summed E-state index contributed by atoms with van der Waals surface area (Å²) in [6, 6.07) is 21.1. The van der Waals surface area contributed by atoms with Crippen molar-refractivity contribution in [1.82, 2.24) is 5.06 Å². The van der Waals surface area contributed by atoms with E-state index in [2.05, 4.69) is 88.5 Å². The van der Waals surface area contributed by atoms with E-state index in [-0.39, 0.29) is 11.1 Å². The van der Waals surface area contributed by atoms with Gasteiger partial charge in [-0.3, -0.25) is 4.84 Å². The number of benzene rings is 2. The summed E-state index contributed by atoms with van der Waals surface area (Å²) >= 11 is 0. The molecule has 1 aliphatic rings. The molecule has 1 aliphatic heterocycles. The van der Waals surface area contributed by atoms with E-state index in [1.807, 2.05) is 18.2 Å². The molecule has 140 valence electrons. The molecule has 0 saturated carbocycles. The fourth-order valence-corrected chi connectivity index (χ4v) is 4.64. The van der Waals surface area contributed by atoms with Gasteiger partial charge >= 0.3 is 0 Å². The van der Waals surface area contributed by atoms with Gasteiger partial charge in [-0.1, -0.05) is 81.4 Å². The molecule has 1 fully saturated rings. The molecule has 1 saturated heterocycles. The smallest absolute Gasteiger partial charge is 0.206 e. The van der Waals surface area contributed by atoms with E-state index in [9.17, 15) is 0 Å². The minimum Gasteiger partial charge on any atom is -0.385 e. The van der Waals surface area contributed by atoms with Crippen LogP contribution < -0.4 is 0 Å². The van der Waals surface area contributed by atoms with E-state index in [1.54, 1.807) is 0 Å². The molecule has 3 rings (SSSR count). The zero-order valence-corrected chi connectivity index (χ0v) is 17.8. The molecule has 0 spiro atoms. The van der Waals surface area contributed by atoms with Gasteiger partial charge in [-0.05, 0) is 23.7 Å². The third-order valence-corrected chi connectivity index (χ3v) is 10.3. The van der Waals surface area contributed by atoms with Crippen molar-refractivity contribution in [2.75, 3.05) is 7.05 Å². The van der Waals surface area contributed by atoms with E-state index < -0.39 is 14.1 Å². The normalized spacial score (nSPS) is 24.8. The molecule has 0 amide bonds. The topological polar surface area (TPSA) is 21.7 Å². The maximum atomic E-state index is 6.93. The van der Waals surface area contributed by atoms with Gasteiger partial charge in [0.2, 0.25) is 5.79 Å². The molecule has 2 aromatic rings. The lowest BCUT2D eigenvalue weighted by Crippen LogP contribution is -2.48. The van der Waals surface area contributed by atoms with Gasteiger partial charge in [0.15, 0.2) is 8.32 Å². The van der Waals surface area contributed by atoms with Gasteiger partial charge in [0.1, 0.15) is 0 Å². The van der Waals surface area contributed by atoms with Crippen LogP contribution in [0.25, 0.3) is 0 Å². The lowest BCUT2D eigenvalue weighted by molar-refractivity contribution is -0.277. The van der Waals surface area contributed by atoms with Crippen LogP contribution in [0.15, 0.2) is 60.7 Å². The zero-order valence-electron chi connectivity index (χ0n) is 16.8. The Kier molecular flexibility index (Phi) is 5.14. The summed E-state index contributed by atoms with van der Waals surface area (Å²) < 4.78 is 6.93. The summed E-state index contributed by atoms with van der Waals surface area (Å²) in [5.41, 5.74) is 2.35. The number of hydrogen-bond acceptors (Lipinski definition) is 3. The van der Waals surface area contributed by atoms with Crippen molar-refractivity contribution < 1.29 is 9.26 Å². The van der Waals surface area contributed by atoms with Crippen molar-refractivity contribution in [2.45, 2.75) is 57.2 Å². The van der Waals surface area contributed by atoms with Crippen molar-refractivity contribution in [2.24, 2.45) is 0 Å². The monoisotopic (exact) mass is 369 g/mol. The summed E-state index contributed by atoms with van der Waals surface area (Å²) in [6.07, 6.45) is 0.782. The van der Waals surface area contributed by atoms with E-state index >= 15 is 0 Å². The first-order valence-electron chi connectivity index (χ1n) is 9.37. The number of rotatable bonds is 4. The van der Waals surface area contributed by atoms with Crippen molar-refractivity contribution in [3.8, 4) is 0 Å². The molecule has 1 heterocycles. The molecule has 3 nitrogen and oxygen atoms in total. The van der Waals surface area contributed by atoms with Crippen molar-refractivity contribution in [3.63, 3.8) is 0 Å². The SMILES string of the molecule is CN1O[C@@](O[Si](C)(C)C(C)(C)C)(c2ccccc2)C[C@H]1c1ccccc1. The van der Waals surface area contributed by atoms with Crippen molar-refractivity contribution in [3.05, 3.63) is 71.8 Å². The molecular weight excluding hydrogens is 338 g/mol. The molecule has 4 heteroatoms. The molecule has 2 atom stereocenters. The molecule has 26 heavy (non-hydrogen) atoms. The van der Waals surface area contributed by atoms with Crippen LogP contribution in [0.3, 0.4) is 0 Å². The zero-order chi connectivity index (χ0) is 19.0. The Morgan fingerprint density at radius 2 is 1.54 bits per heavy atom. The number of nitrogens with zero attached hydrogens (tertiary/aromatic N) is 1. The largest absolute Gasteiger partial charge is 0.385 e. The fourth-order valence-electron chi connectivity index (χ4n) is 3.27. The summed E-state index contributed by atoms with van der Waals surface area (Å²) in [4.78, 5) is 6.48. The second-order valence-corrected chi connectivity index (χ2v) is 13.5. The van der Waals surface area contributed by atoms with Crippen LogP contribution in [-0.2, 0) is 15.1 Å². The highest BCUT2D eigenvalue weighted by Crippen LogP contribution is 2.50. The predicted molar refractivity (Wildman–Crippen MR) is 109 cm³/mol. The molecule has 0 unspecified atom stereocenters. The second kappa shape index (κ2) is 6.93. The van der Waals surface area contributed by atoms with Crippen LogP contribution in [0, 0.1) is 0 Å². The van der Waals surface area contributed by atoms with Gasteiger partial charge in [0.05, 0.1) is 6.04 Å². The van der Waals surface area contributed by atoms with Crippen molar-refractivity contribution >= 4 is 8.32 Å². The Hall–Kier alpha value is -1.46. The predicted octanol–water partition coefficient (Wildman–Crippen LogP) is 5.87. The Balaban J connectivity index is 2.01. The van der Waals surface area contributed by atoms with Crippen LogP contribution in [-0.4, -0.2) is 20.4 Å². The molecule has 0 aromatic heterocycles. The van der Waals surface area contributed by atoms with Crippen LogP contribution in [0.4, 0.5) is 0 Å². The Morgan fingerprint density at radius 1 is 1.00 bits per heavy atom. The van der Waals surface area contributed by atoms with Crippen LogP contribution >= 0.6 is 0 Å². The van der Waals surface area contributed by atoms with Crippen LogP contribution in [0.2, 0.25) is 18.1 Å². The molecule has 0 bridgehead atoms. The average Bonchev–Trinajstić information content (AvgIpc) is 2.92. The first-order valence-corrected chi connectivity index (χ1v) is 12.3. The summed E-state index contributed by atoms with van der Waals surface area (Å²) in [5.74, 6) is -0.737. The minimum absolute atomic E-state index is 0.113. The molecule has 0 radical (unpaired) electrons. The first-order chi connectivity index (χ1) is 12.1. The maximum Gasteiger partial charge on any atom is 0.206 e. The lowest BCUT2D eigenvalue weighted by atomic mass is 9.95. The third-order valence-electron chi connectivity index (χ3n) is 5.82. The standard InChI is InChI=1S/C22H31NO2Si/c1-21(2,3)26(5,6)25-22(19-15-11-8-12-16-19)17-20(23(4)24-22)18-13-9-7-10-14-18/h7-16,20H,17H2,1-6H3/t20-,22-/m0/s1. The molecule has 0 N–H and O–H groups in total. The van der Waals surface area contributed by atoms with E-state index in [0.717, 1.165) is 12.0 Å². The fraction of sp³-hybridized carbons (Fsp3) is 0.455. The molecular formula is C22H31NO2Si. The third kappa shape index (κ3) is 3.65. The Bertz CT molecular complexity index is 727. The summed E-state index contributed by atoms with van der Waals surface area (Å²) in [7, 11) is -0.0256. The van der Waals surface area contributed by atoms with E-state index in [1.165, 1.54) is 5.56 Å². The minimum atomic E-state index is -2.04. The van der Waals surface area contributed by atoms with Crippen molar-refractivity contribution in [1.29, 1.82) is 0 Å². The number of hydrogen-bond donors (Lipinski definition) is 0. The first kappa shape index (κ1) is 19.3. The van der Waals surface area contributed by atoms with Gasteiger partial charge in [0, 0.05) is 19.0 Å². The average molecular weight is 370 g/mol. The van der Waals surface area contributed by atoms with Gasteiger partial charge in [0.25, 0.3) is 0 Å². The highest BCUT2D eigenvalue weighted by molar-refractivity contribution is 6.74. The van der Waals surface area contributed by atoms with Crippen LogP contribution in [0.5, 0.6) is 0 Å². The van der Waals surface area contributed by atoms with Gasteiger partial charge < -0.3 is 4.43 Å². The second-order valence-electron chi connectivity index (χ2n) is 8.75. The van der Waals surface area contributed by atoms with Gasteiger partial charge in [-0.25, -0.2) is 0 Å². The number of hydroxylamine groups is 2. The molecule has 0 aliphatic carbocycles. The Labute approximate surface area is 159 Å². The summed E-state index contributed by atoms with van der Waals surface area (Å²) in [5, 5.41) is 2.08. The molecule has 2 aromatic carbocycles. The van der Waals surface area contributed by atoms with Gasteiger partial charge in [-0.15, -0.1) is 0 Å². The quantitative estimate of drug-likeness (QED) is 0.629. The van der Waals surface area contributed by atoms with E-state index in [4.69, 9.17) is 9.26 Å². The maximum absolute atomic E-state index is 6.93. The van der Waals surface area contributed by atoms with E-state index in [0.29, 0.717) is 0 Å². The highest BCUT2D eigenvalue weighted by Gasteiger charge is 2.52. The van der Waals surface area contributed by atoms with Gasteiger partial charge in [-0.2, -0.15) is 5.06 Å². The lowest BCUT2D eigenvalue weighted by Gasteiger charge is -2.43. The highest BCUT2D eigenvalue weighted by atomic mass is 28.4.